The van der Waals surface area contributed by atoms with E-state index in [1.807, 2.05) is 0 Å². The predicted octanol–water partition coefficient (Wildman–Crippen LogP) is 4.48. The molecule has 1 unspecified atom stereocenters. The molecule has 0 saturated carbocycles. The molecule has 2 aromatic rings. The van der Waals surface area contributed by atoms with Crippen LogP contribution in [0, 0.1) is 20.8 Å². The Balaban J connectivity index is 2.10. The Labute approximate surface area is 119 Å². The van der Waals surface area contributed by atoms with Gasteiger partial charge in [-0.05, 0) is 40.2 Å². The Morgan fingerprint density at radius 2 is 1.84 bits per heavy atom. The largest absolute Gasteiger partial charge is 0.303 e. The van der Waals surface area contributed by atoms with Crippen molar-refractivity contribution in [3.05, 3.63) is 51.0 Å². The van der Waals surface area contributed by atoms with Crippen LogP contribution in [-0.2, 0) is 0 Å². The molecule has 0 aliphatic carbocycles. The predicted molar refractivity (Wildman–Crippen MR) is 82.7 cm³/mol. The smallest absolute Gasteiger partial charge is 0.0900 e. The molecular weight excluding hydrogens is 252 g/mol. The maximum Gasteiger partial charge on any atom is 0.0900 e. The lowest BCUT2D eigenvalue weighted by Crippen LogP contribution is -2.22. The summed E-state index contributed by atoms with van der Waals surface area (Å²) in [6, 6.07) is 9.36. The topological polar surface area (TPSA) is 24.9 Å². The van der Waals surface area contributed by atoms with Crippen LogP contribution in [0.3, 0.4) is 0 Å². The van der Waals surface area contributed by atoms with Crippen LogP contribution in [0.4, 0.5) is 0 Å². The highest BCUT2D eigenvalue weighted by atomic mass is 32.1. The molecule has 19 heavy (non-hydrogen) atoms. The van der Waals surface area contributed by atoms with Crippen LogP contribution < -0.4 is 5.32 Å². The summed E-state index contributed by atoms with van der Waals surface area (Å²) in [6.07, 6.45) is 0. The summed E-state index contributed by atoms with van der Waals surface area (Å²) in [5, 5.41) is 4.81. The van der Waals surface area contributed by atoms with Gasteiger partial charge in [0.05, 0.1) is 10.7 Å². The SMILES string of the molecule is Cc1cccc([C@H](C)NC(C)c2sc(C)nc2C)c1. The summed E-state index contributed by atoms with van der Waals surface area (Å²) in [7, 11) is 0. The quantitative estimate of drug-likeness (QED) is 0.889. The Morgan fingerprint density at radius 3 is 2.42 bits per heavy atom. The van der Waals surface area contributed by atoms with Gasteiger partial charge in [0.1, 0.15) is 0 Å². The number of rotatable bonds is 4. The van der Waals surface area contributed by atoms with Crippen molar-refractivity contribution in [1.29, 1.82) is 0 Å². The third kappa shape index (κ3) is 3.43. The van der Waals surface area contributed by atoms with E-state index in [9.17, 15) is 0 Å². The molecule has 1 aromatic carbocycles. The average Bonchev–Trinajstić information content (AvgIpc) is 2.68. The maximum atomic E-state index is 4.50. The summed E-state index contributed by atoms with van der Waals surface area (Å²) < 4.78 is 0. The van der Waals surface area contributed by atoms with Crippen molar-refractivity contribution < 1.29 is 0 Å². The molecule has 1 aromatic heterocycles. The first-order valence-electron chi connectivity index (χ1n) is 6.74. The number of aryl methyl sites for hydroxylation is 3. The van der Waals surface area contributed by atoms with E-state index in [2.05, 4.69) is 69.2 Å². The van der Waals surface area contributed by atoms with Crippen molar-refractivity contribution in [2.75, 3.05) is 0 Å². The van der Waals surface area contributed by atoms with E-state index in [1.54, 1.807) is 11.3 Å². The summed E-state index contributed by atoms with van der Waals surface area (Å²) >= 11 is 1.79. The zero-order chi connectivity index (χ0) is 14.0. The van der Waals surface area contributed by atoms with Crippen LogP contribution in [0.1, 0.15) is 52.6 Å². The van der Waals surface area contributed by atoms with Gasteiger partial charge in [0.25, 0.3) is 0 Å². The first-order valence-corrected chi connectivity index (χ1v) is 7.55. The Hall–Kier alpha value is -1.19. The molecule has 3 heteroatoms. The summed E-state index contributed by atoms with van der Waals surface area (Å²) in [5.74, 6) is 0. The van der Waals surface area contributed by atoms with Gasteiger partial charge in [-0.1, -0.05) is 29.8 Å². The first kappa shape index (κ1) is 14.2. The van der Waals surface area contributed by atoms with Crippen molar-refractivity contribution >= 4 is 11.3 Å². The highest BCUT2D eigenvalue weighted by Gasteiger charge is 2.15. The molecule has 102 valence electrons. The highest BCUT2D eigenvalue weighted by molar-refractivity contribution is 7.11. The Morgan fingerprint density at radius 1 is 1.11 bits per heavy atom. The lowest BCUT2D eigenvalue weighted by Gasteiger charge is -2.20. The molecule has 0 aliphatic heterocycles. The van der Waals surface area contributed by atoms with E-state index in [4.69, 9.17) is 0 Å². The van der Waals surface area contributed by atoms with Gasteiger partial charge in [0.2, 0.25) is 0 Å². The third-order valence-electron chi connectivity index (χ3n) is 3.37. The van der Waals surface area contributed by atoms with Crippen LogP contribution in [-0.4, -0.2) is 4.98 Å². The van der Waals surface area contributed by atoms with E-state index < -0.39 is 0 Å². The lowest BCUT2D eigenvalue weighted by atomic mass is 10.0. The van der Waals surface area contributed by atoms with Crippen molar-refractivity contribution in [2.24, 2.45) is 0 Å². The van der Waals surface area contributed by atoms with E-state index in [0.29, 0.717) is 12.1 Å². The number of hydrogen-bond acceptors (Lipinski definition) is 3. The molecule has 2 rings (SSSR count). The molecule has 1 heterocycles. The van der Waals surface area contributed by atoms with Gasteiger partial charge >= 0.3 is 0 Å². The molecule has 0 fully saturated rings. The number of benzene rings is 1. The van der Waals surface area contributed by atoms with Gasteiger partial charge in [-0.25, -0.2) is 4.98 Å². The highest BCUT2D eigenvalue weighted by Crippen LogP contribution is 2.27. The zero-order valence-corrected chi connectivity index (χ0v) is 13.1. The monoisotopic (exact) mass is 274 g/mol. The normalized spacial score (nSPS) is 14.4. The molecule has 0 radical (unpaired) electrons. The minimum Gasteiger partial charge on any atom is -0.303 e. The van der Waals surface area contributed by atoms with E-state index >= 15 is 0 Å². The van der Waals surface area contributed by atoms with E-state index in [-0.39, 0.29) is 0 Å². The van der Waals surface area contributed by atoms with Crippen LogP contribution in [0.25, 0.3) is 0 Å². The Bertz CT molecular complexity index is 560. The van der Waals surface area contributed by atoms with Crippen LogP contribution in [0.15, 0.2) is 24.3 Å². The first-order chi connectivity index (χ1) is 8.97. The number of thiazole rings is 1. The number of aromatic nitrogens is 1. The zero-order valence-electron chi connectivity index (χ0n) is 12.3. The fraction of sp³-hybridized carbons (Fsp3) is 0.438. The molecule has 2 nitrogen and oxygen atoms in total. The lowest BCUT2D eigenvalue weighted by molar-refractivity contribution is 0.498. The van der Waals surface area contributed by atoms with Gasteiger partial charge in [-0.2, -0.15) is 0 Å². The molecule has 0 aliphatic rings. The second kappa shape index (κ2) is 5.85. The van der Waals surface area contributed by atoms with Gasteiger partial charge in [-0.15, -0.1) is 11.3 Å². The fourth-order valence-corrected chi connectivity index (χ4v) is 3.37. The van der Waals surface area contributed by atoms with Crippen LogP contribution in [0.2, 0.25) is 0 Å². The molecule has 0 spiro atoms. The molecule has 0 bridgehead atoms. The third-order valence-corrected chi connectivity index (χ3v) is 4.63. The van der Waals surface area contributed by atoms with Crippen LogP contribution >= 0.6 is 11.3 Å². The standard InChI is InChI=1S/C16H22N2S/c1-10-7-6-8-15(9-10)11(2)17-12(3)16-13(4)18-14(5)19-16/h6-9,11-12,17H,1-5H3/t11-,12?/m0/s1. The van der Waals surface area contributed by atoms with E-state index in [1.165, 1.54) is 16.0 Å². The van der Waals surface area contributed by atoms with Gasteiger partial charge < -0.3 is 5.32 Å². The minimum absolute atomic E-state index is 0.335. The summed E-state index contributed by atoms with van der Waals surface area (Å²) in [6.45, 7) is 10.7. The van der Waals surface area contributed by atoms with Gasteiger partial charge in [-0.3, -0.25) is 0 Å². The molecule has 2 atom stereocenters. The summed E-state index contributed by atoms with van der Waals surface area (Å²) in [4.78, 5) is 5.85. The van der Waals surface area contributed by atoms with Crippen molar-refractivity contribution in [3.63, 3.8) is 0 Å². The second-order valence-electron chi connectivity index (χ2n) is 5.21. The van der Waals surface area contributed by atoms with Crippen molar-refractivity contribution in [1.82, 2.24) is 10.3 Å². The van der Waals surface area contributed by atoms with Crippen molar-refractivity contribution in [2.45, 2.75) is 46.7 Å². The summed E-state index contributed by atoms with van der Waals surface area (Å²) in [5.41, 5.74) is 3.80. The average molecular weight is 274 g/mol. The number of hydrogen-bond donors (Lipinski definition) is 1. The minimum atomic E-state index is 0.335. The molecule has 0 amide bonds. The maximum absolute atomic E-state index is 4.50. The molecular formula is C16H22N2S. The Kier molecular flexibility index (Phi) is 4.38. The van der Waals surface area contributed by atoms with Crippen LogP contribution in [0.5, 0.6) is 0 Å². The van der Waals surface area contributed by atoms with Gasteiger partial charge in [0, 0.05) is 17.0 Å². The van der Waals surface area contributed by atoms with E-state index in [0.717, 1.165) is 10.7 Å². The van der Waals surface area contributed by atoms with Gasteiger partial charge in [0.15, 0.2) is 0 Å². The number of nitrogens with zero attached hydrogens (tertiary/aromatic N) is 1. The molecule has 1 N–H and O–H groups in total. The van der Waals surface area contributed by atoms with Crippen molar-refractivity contribution in [3.8, 4) is 0 Å². The molecule has 0 saturated heterocycles. The second-order valence-corrected chi connectivity index (χ2v) is 6.44. The number of nitrogens with one attached hydrogen (secondary N) is 1. The fourth-order valence-electron chi connectivity index (χ4n) is 2.44.